The second-order valence-electron chi connectivity index (χ2n) is 6.92. The number of amides is 1. The van der Waals surface area contributed by atoms with Gasteiger partial charge in [0.05, 0.1) is 23.0 Å². The minimum atomic E-state index is -0.143. The average molecular weight is 425 g/mol. The Hall–Kier alpha value is -2.90. The number of halogens is 1. The predicted octanol–water partition coefficient (Wildman–Crippen LogP) is 4.93. The van der Waals surface area contributed by atoms with Crippen LogP contribution in [0.3, 0.4) is 0 Å². The first-order chi connectivity index (χ1) is 14.0. The van der Waals surface area contributed by atoms with E-state index in [1.165, 1.54) is 11.3 Å². The van der Waals surface area contributed by atoms with Crippen molar-refractivity contribution in [2.75, 3.05) is 12.4 Å². The third-order valence-corrected chi connectivity index (χ3v) is 6.49. The first-order valence-corrected chi connectivity index (χ1v) is 10.3. The minimum Gasteiger partial charge on any atom is -0.497 e. The number of nitrogens with one attached hydrogen (secondary N) is 1. The lowest BCUT2D eigenvalue weighted by Crippen LogP contribution is -2.25. The van der Waals surface area contributed by atoms with Crippen molar-refractivity contribution in [1.29, 1.82) is 0 Å². The molecule has 1 N–H and O–H groups in total. The molecule has 2 aromatic heterocycles. The Morgan fingerprint density at radius 3 is 2.90 bits per heavy atom. The molecule has 2 aromatic carbocycles. The molecule has 0 spiro atoms. The number of hydrogen-bond donors (Lipinski definition) is 1. The van der Waals surface area contributed by atoms with Gasteiger partial charge in [-0.25, -0.2) is 4.98 Å². The molecule has 3 heterocycles. The number of thiazole rings is 1. The summed E-state index contributed by atoms with van der Waals surface area (Å²) in [5, 5.41) is 9.05. The Bertz CT molecular complexity index is 1260. The van der Waals surface area contributed by atoms with Crippen LogP contribution in [0.1, 0.15) is 29.2 Å². The van der Waals surface area contributed by atoms with E-state index in [-0.39, 0.29) is 11.8 Å². The molecule has 0 radical (unpaired) electrons. The third kappa shape index (κ3) is 2.97. The van der Waals surface area contributed by atoms with Gasteiger partial charge in [-0.2, -0.15) is 9.78 Å². The van der Waals surface area contributed by atoms with E-state index in [1.54, 1.807) is 11.8 Å². The SMILES string of the molecule is COc1ccc2nc(-n3nc(C)c4c3NC(=O)CC4c3ccccc3Cl)sc2c1. The summed E-state index contributed by atoms with van der Waals surface area (Å²) in [5.74, 6) is 1.23. The number of benzene rings is 2. The Morgan fingerprint density at radius 1 is 1.28 bits per heavy atom. The van der Waals surface area contributed by atoms with E-state index in [9.17, 15) is 4.79 Å². The summed E-state index contributed by atoms with van der Waals surface area (Å²) in [6.07, 6.45) is 0.334. The topological polar surface area (TPSA) is 69.0 Å². The smallest absolute Gasteiger partial charge is 0.226 e. The van der Waals surface area contributed by atoms with Crippen LogP contribution in [0, 0.1) is 6.92 Å². The monoisotopic (exact) mass is 424 g/mol. The molecule has 0 bridgehead atoms. The van der Waals surface area contributed by atoms with E-state index < -0.39 is 0 Å². The highest BCUT2D eigenvalue weighted by Crippen LogP contribution is 2.43. The van der Waals surface area contributed by atoms with Gasteiger partial charge in [-0.05, 0) is 36.8 Å². The van der Waals surface area contributed by atoms with Crippen LogP contribution >= 0.6 is 22.9 Å². The molecule has 4 aromatic rings. The Kier molecular flexibility index (Phi) is 4.29. The molecule has 1 amide bonds. The third-order valence-electron chi connectivity index (χ3n) is 5.15. The number of carbonyl (C=O) groups excluding carboxylic acids is 1. The largest absolute Gasteiger partial charge is 0.497 e. The lowest BCUT2D eigenvalue weighted by atomic mass is 9.86. The van der Waals surface area contributed by atoms with Crippen molar-refractivity contribution in [3.8, 4) is 10.9 Å². The highest BCUT2D eigenvalue weighted by atomic mass is 35.5. The van der Waals surface area contributed by atoms with Crippen molar-refractivity contribution in [2.45, 2.75) is 19.3 Å². The van der Waals surface area contributed by atoms with E-state index in [0.29, 0.717) is 22.4 Å². The summed E-state index contributed by atoms with van der Waals surface area (Å²) in [7, 11) is 1.64. The number of aromatic nitrogens is 3. The maximum Gasteiger partial charge on any atom is 0.226 e. The lowest BCUT2D eigenvalue weighted by Gasteiger charge is -2.24. The van der Waals surface area contributed by atoms with Gasteiger partial charge in [0.1, 0.15) is 11.6 Å². The molecule has 6 nitrogen and oxygen atoms in total. The second kappa shape index (κ2) is 6.86. The van der Waals surface area contributed by atoms with Crippen molar-refractivity contribution in [3.05, 3.63) is 64.3 Å². The average Bonchev–Trinajstić information content (AvgIpc) is 3.28. The molecule has 0 aliphatic carbocycles. The molecular weight excluding hydrogens is 408 g/mol. The van der Waals surface area contributed by atoms with Crippen molar-refractivity contribution in [2.24, 2.45) is 0 Å². The highest BCUT2D eigenvalue weighted by molar-refractivity contribution is 7.20. The van der Waals surface area contributed by atoms with Crippen LogP contribution in [-0.2, 0) is 4.79 Å². The minimum absolute atomic E-state index is 0.0636. The number of ether oxygens (including phenoxy) is 1. The fourth-order valence-corrected chi connectivity index (χ4v) is 5.04. The van der Waals surface area contributed by atoms with Crippen molar-refractivity contribution in [3.63, 3.8) is 0 Å². The standard InChI is InChI=1S/C21H17ClN4O2S/c1-11-19-14(13-5-3-4-6-15(13)22)10-18(27)24-20(19)26(25-11)21-23-16-8-7-12(28-2)9-17(16)29-21/h3-9,14H,10H2,1-2H3,(H,24,27). The van der Waals surface area contributed by atoms with E-state index in [2.05, 4.69) is 5.32 Å². The molecule has 0 fully saturated rings. The number of methoxy groups -OCH3 is 1. The molecule has 1 unspecified atom stereocenters. The van der Waals surface area contributed by atoms with Crippen molar-refractivity contribution in [1.82, 2.24) is 14.8 Å². The number of nitrogens with zero attached hydrogens (tertiary/aromatic N) is 3. The molecule has 1 aliphatic rings. The van der Waals surface area contributed by atoms with Crippen molar-refractivity contribution >= 4 is 44.9 Å². The maximum absolute atomic E-state index is 12.5. The lowest BCUT2D eigenvalue weighted by molar-refractivity contribution is -0.116. The van der Waals surface area contributed by atoms with Gasteiger partial charge < -0.3 is 10.1 Å². The fourth-order valence-electron chi connectivity index (χ4n) is 3.82. The van der Waals surface area contributed by atoms with Crippen LogP contribution in [0.25, 0.3) is 15.3 Å². The molecule has 1 atom stereocenters. The normalized spacial score (nSPS) is 16.0. The predicted molar refractivity (Wildman–Crippen MR) is 115 cm³/mol. The molecule has 29 heavy (non-hydrogen) atoms. The molecule has 0 saturated heterocycles. The number of hydrogen-bond acceptors (Lipinski definition) is 5. The zero-order chi connectivity index (χ0) is 20.1. The Balaban J connectivity index is 1.67. The van der Waals surface area contributed by atoms with Gasteiger partial charge in [-0.15, -0.1) is 0 Å². The van der Waals surface area contributed by atoms with Crippen LogP contribution in [-0.4, -0.2) is 27.8 Å². The quantitative estimate of drug-likeness (QED) is 0.506. The van der Waals surface area contributed by atoms with Crippen LogP contribution in [0.2, 0.25) is 5.02 Å². The van der Waals surface area contributed by atoms with Crippen LogP contribution < -0.4 is 10.1 Å². The van der Waals surface area contributed by atoms with Crippen LogP contribution in [0.5, 0.6) is 5.75 Å². The van der Waals surface area contributed by atoms with Gasteiger partial charge in [-0.1, -0.05) is 41.1 Å². The molecular formula is C21H17ClN4O2S. The van der Waals surface area contributed by atoms with Gasteiger partial charge in [0.25, 0.3) is 0 Å². The summed E-state index contributed by atoms with van der Waals surface area (Å²) in [6, 6.07) is 13.4. The summed E-state index contributed by atoms with van der Waals surface area (Å²) in [5.41, 5.74) is 3.62. The number of fused-ring (bicyclic) bond motifs is 2. The number of anilines is 1. The van der Waals surface area contributed by atoms with Gasteiger partial charge in [0.15, 0.2) is 0 Å². The summed E-state index contributed by atoms with van der Waals surface area (Å²) < 4.78 is 8.02. The number of rotatable bonds is 3. The molecule has 1 aliphatic heterocycles. The van der Waals surface area contributed by atoms with E-state index in [0.717, 1.165) is 32.8 Å². The second-order valence-corrected chi connectivity index (χ2v) is 8.33. The zero-order valence-corrected chi connectivity index (χ0v) is 17.3. The van der Waals surface area contributed by atoms with Crippen molar-refractivity contribution < 1.29 is 9.53 Å². The molecule has 146 valence electrons. The Labute approximate surface area is 176 Å². The maximum atomic E-state index is 12.5. The van der Waals surface area contributed by atoms with E-state index >= 15 is 0 Å². The first kappa shape index (κ1) is 18.1. The van der Waals surface area contributed by atoms with Gasteiger partial charge in [0, 0.05) is 22.9 Å². The first-order valence-electron chi connectivity index (χ1n) is 9.14. The van der Waals surface area contributed by atoms with E-state index in [4.69, 9.17) is 26.4 Å². The molecule has 5 rings (SSSR count). The van der Waals surface area contributed by atoms with Crippen LogP contribution in [0.4, 0.5) is 5.82 Å². The molecule has 8 heteroatoms. The van der Waals surface area contributed by atoms with Gasteiger partial charge >= 0.3 is 0 Å². The van der Waals surface area contributed by atoms with Crippen LogP contribution in [0.15, 0.2) is 42.5 Å². The summed E-state index contributed by atoms with van der Waals surface area (Å²) in [4.78, 5) is 17.2. The van der Waals surface area contributed by atoms with Gasteiger partial charge in [0.2, 0.25) is 11.0 Å². The van der Waals surface area contributed by atoms with Gasteiger partial charge in [-0.3, -0.25) is 4.79 Å². The fraction of sp³-hybridized carbons (Fsp3) is 0.190. The Morgan fingerprint density at radius 2 is 2.10 bits per heavy atom. The number of aryl methyl sites for hydroxylation is 1. The zero-order valence-electron chi connectivity index (χ0n) is 15.8. The van der Waals surface area contributed by atoms with E-state index in [1.807, 2.05) is 49.4 Å². The molecule has 0 saturated carbocycles. The summed E-state index contributed by atoms with van der Waals surface area (Å²) >= 11 is 7.95. The number of carbonyl (C=O) groups is 1. The highest BCUT2D eigenvalue weighted by Gasteiger charge is 2.34. The summed E-state index contributed by atoms with van der Waals surface area (Å²) in [6.45, 7) is 1.95.